The third-order valence-corrected chi connectivity index (χ3v) is 14.2. The third kappa shape index (κ3) is 3.97. The summed E-state index contributed by atoms with van der Waals surface area (Å²) in [6, 6.07) is 5.80. The first-order chi connectivity index (χ1) is 15.9. The van der Waals surface area contributed by atoms with E-state index >= 15 is 0 Å². The third-order valence-electron chi connectivity index (χ3n) is 8.19. The molecule has 0 saturated carbocycles. The monoisotopic (exact) mass is 490 g/mol. The largest absolute Gasteiger partial charge is 0.465 e. The van der Waals surface area contributed by atoms with Gasteiger partial charge in [0.2, 0.25) is 8.32 Å². The molecule has 2 heterocycles. The van der Waals surface area contributed by atoms with E-state index in [4.69, 9.17) is 23.4 Å². The van der Waals surface area contributed by atoms with Crippen molar-refractivity contribution in [3.8, 4) is 0 Å². The zero-order valence-electron chi connectivity index (χ0n) is 22.3. The number of ether oxygens (including phenoxy) is 4. The van der Waals surface area contributed by atoms with Crippen LogP contribution in [0.4, 0.5) is 0 Å². The minimum Gasteiger partial charge on any atom is -0.465 e. The Hall–Kier alpha value is -1.25. The molecule has 2 aliphatic heterocycles. The highest BCUT2D eigenvalue weighted by Crippen LogP contribution is 2.56. The van der Waals surface area contributed by atoms with Crippen LogP contribution in [0.15, 0.2) is 18.2 Å². The van der Waals surface area contributed by atoms with Crippen LogP contribution in [-0.4, -0.2) is 45.7 Å². The van der Waals surface area contributed by atoms with Crippen LogP contribution in [0.1, 0.15) is 89.7 Å². The molecular weight excluding hydrogens is 448 g/mol. The first kappa shape index (κ1) is 25.8. The minimum atomic E-state index is -2.22. The zero-order valence-corrected chi connectivity index (χ0v) is 23.3. The Labute approximate surface area is 205 Å². The molecule has 0 unspecified atom stereocenters. The maximum Gasteiger partial charge on any atom is 0.337 e. The molecule has 0 amide bonds. The standard InChI is InChI=1S/C27H42O6Si/c1-16(2)34(17(3)4,18(5)6)33-25-22-23(31-26(7,8)30-22)27(32-25)14-10-11-19-15-20(24(28)29-9)12-13-21(19)27/h12-13,15-18,22-23,25H,10-11,14H2,1-9H3/t22-,23+,25-,27-/m1/s1. The first-order valence-electron chi connectivity index (χ1n) is 12.8. The second-order valence-electron chi connectivity index (χ2n) is 11.5. The van der Waals surface area contributed by atoms with Crippen LogP contribution in [-0.2, 0) is 35.4 Å². The van der Waals surface area contributed by atoms with Gasteiger partial charge in [-0.3, -0.25) is 0 Å². The van der Waals surface area contributed by atoms with Crippen molar-refractivity contribution in [3.63, 3.8) is 0 Å². The van der Waals surface area contributed by atoms with Crippen LogP contribution in [0.3, 0.4) is 0 Å². The summed E-state index contributed by atoms with van der Waals surface area (Å²) in [5.74, 6) is -1.04. The molecule has 6 nitrogen and oxygen atoms in total. The van der Waals surface area contributed by atoms with Gasteiger partial charge in [0.1, 0.15) is 17.8 Å². The Morgan fingerprint density at radius 1 is 1.03 bits per heavy atom. The van der Waals surface area contributed by atoms with Gasteiger partial charge >= 0.3 is 5.97 Å². The number of rotatable bonds is 6. The maximum absolute atomic E-state index is 12.2. The van der Waals surface area contributed by atoms with E-state index in [1.807, 2.05) is 32.0 Å². The molecular formula is C27H42O6Si. The van der Waals surface area contributed by atoms with Crippen LogP contribution < -0.4 is 0 Å². The fourth-order valence-electron chi connectivity index (χ4n) is 6.94. The van der Waals surface area contributed by atoms with Gasteiger partial charge in [0.15, 0.2) is 12.1 Å². The molecule has 2 saturated heterocycles. The normalized spacial score (nSPS) is 30.3. The zero-order chi connectivity index (χ0) is 25.1. The summed E-state index contributed by atoms with van der Waals surface area (Å²) < 4.78 is 32.1. The molecule has 34 heavy (non-hydrogen) atoms. The van der Waals surface area contributed by atoms with Crippen molar-refractivity contribution in [1.82, 2.24) is 0 Å². The van der Waals surface area contributed by atoms with Crippen LogP contribution in [0.25, 0.3) is 0 Å². The molecule has 1 aliphatic carbocycles. The van der Waals surface area contributed by atoms with E-state index < -0.39 is 26.0 Å². The van der Waals surface area contributed by atoms with Crippen molar-refractivity contribution in [2.24, 2.45) is 0 Å². The average Bonchev–Trinajstić information content (AvgIpc) is 3.22. The SMILES string of the molecule is COC(=O)c1ccc2c(c1)CCC[C@@]21O[C@H](O[Si](C(C)C)(C(C)C)C(C)C)[C@@H]2OC(C)(C)O[C@@H]21. The molecule has 1 spiro atoms. The lowest BCUT2D eigenvalue weighted by atomic mass is 9.75. The van der Waals surface area contributed by atoms with Gasteiger partial charge in [-0.05, 0) is 73.0 Å². The number of methoxy groups -OCH3 is 1. The van der Waals surface area contributed by atoms with E-state index in [1.54, 1.807) is 0 Å². The predicted octanol–water partition coefficient (Wildman–Crippen LogP) is 6.07. The molecule has 0 aromatic heterocycles. The van der Waals surface area contributed by atoms with Gasteiger partial charge in [-0.1, -0.05) is 47.6 Å². The number of aryl methyl sites for hydroxylation is 1. The fraction of sp³-hybridized carbons (Fsp3) is 0.741. The Balaban J connectivity index is 1.77. The van der Waals surface area contributed by atoms with E-state index in [2.05, 4.69) is 41.5 Å². The van der Waals surface area contributed by atoms with Crippen molar-refractivity contribution in [1.29, 1.82) is 0 Å². The second-order valence-corrected chi connectivity index (χ2v) is 17.0. The van der Waals surface area contributed by atoms with Gasteiger partial charge in [-0.2, -0.15) is 0 Å². The van der Waals surface area contributed by atoms with Gasteiger partial charge in [-0.25, -0.2) is 4.79 Å². The van der Waals surface area contributed by atoms with E-state index in [0.717, 1.165) is 30.4 Å². The number of hydrogen-bond acceptors (Lipinski definition) is 6. The molecule has 0 radical (unpaired) electrons. The molecule has 4 rings (SSSR count). The Morgan fingerprint density at radius 2 is 1.68 bits per heavy atom. The van der Waals surface area contributed by atoms with Gasteiger partial charge in [0.25, 0.3) is 0 Å². The summed E-state index contributed by atoms with van der Waals surface area (Å²) in [5.41, 5.74) is 3.40. The van der Waals surface area contributed by atoms with Crippen molar-refractivity contribution < 1.29 is 28.2 Å². The maximum atomic E-state index is 12.2. The average molecular weight is 491 g/mol. The van der Waals surface area contributed by atoms with Crippen molar-refractivity contribution >= 4 is 14.3 Å². The molecule has 3 aliphatic rings. The lowest BCUT2D eigenvalue weighted by Gasteiger charge is -2.45. The number of carbonyl (C=O) groups excluding carboxylic acids is 1. The highest BCUT2D eigenvalue weighted by atomic mass is 28.4. The van der Waals surface area contributed by atoms with E-state index in [9.17, 15) is 4.79 Å². The first-order valence-corrected chi connectivity index (χ1v) is 14.9. The summed E-state index contributed by atoms with van der Waals surface area (Å²) in [6.45, 7) is 17.7. The lowest BCUT2D eigenvalue weighted by molar-refractivity contribution is -0.246. The van der Waals surface area contributed by atoms with Gasteiger partial charge in [-0.15, -0.1) is 0 Å². The van der Waals surface area contributed by atoms with Crippen molar-refractivity contribution in [2.45, 2.75) is 121 Å². The quantitative estimate of drug-likeness (QED) is 0.356. The predicted molar refractivity (Wildman–Crippen MR) is 133 cm³/mol. The number of hydrogen-bond donors (Lipinski definition) is 0. The van der Waals surface area contributed by atoms with Crippen molar-refractivity contribution in [2.75, 3.05) is 7.11 Å². The summed E-state index contributed by atoms with van der Waals surface area (Å²) >= 11 is 0. The van der Waals surface area contributed by atoms with Gasteiger partial charge < -0.3 is 23.4 Å². The summed E-state index contributed by atoms with van der Waals surface area (Å²) in [7, 11) is -0.808. The molecule has 1 aromatic carbocycles. The van der Waals surface area contributed by atoms with Crippen LogP contribution in [0.5, 0.6) is 0 Å². The molecule has 0 N–H and O–H groups in total. The van der Waals surface area contributed by atoms with Gasteiger partial charge in [0, 0.05) is 0 Å². The van der Waals surface area contributed by atoms with E-state index in [0.29, 0.717) is 22.2 Å². The summed E-state index contributed by atoms with van der Waals surface area (Å²) in [5, 5.41) is 0. The molecule has 0 bridgehead atoms. The topological polar surface area (TPSA) is 63.2 Å². The van der Waals surface area contributed by atoms with Crippen LogP contribution in [0.2, 0.25) is 16.6 Å². The number of esters is 1. The Kier molecular flexibility index (Phi) is 6.84. The number of benzene rings is 1. The van der Waals surface area contributed by atoms with Crippen LogP contribution in [0, 0.1) is 0 Å². The molecule has 7 heteroatoms. The summed E-state index contributed by atoms with van der Waals surface area (Å²) in [6.07, 6.45) is 1.60. The fourth-order valence-corrected chi connectivity index (χ4v) is 12.3. The summed E-state index contributed by atoms with van der Waals surface area (Å²) in [4.78, 5) is 12.2. The Bertz CT molecular complexity index is 904. The number of fused-ring (bicyclic) bond motifs is 4. The molecule has 1 aromatic rings. The molecule has 2 fully saturated rings. The van der Waals surface area contributed by atoms with Gasteiger partial charge in [0.05, 0.1) is 12.7 Å². The highest BCUT2D eigenvalue weighted by molar-refractivity contribution is 6.77. The minimum absolute atomic E-state index is 0.270. The Morgan fingerprint density at radius 3 is 2.26 bits per heavy atom. The molecule has 190 valence electrons. The number of carbonyl (C=O) groups is 1. The van der Waals surface area contributed by atoms with Crippen molar-refractivity contribution in [3.05, 3.63) is 34.9 Å². The molecule has 4 atom stereocenters. The highest BCUT2D eigenvalue weighted by Gasteiger charge is 2.66. The van der Waals surface area contributed by atoms with E-state index in [-0.39, 0.29) is 18.2 Å². The van der Waals surface area contributed by atoms with E-state index in [1.165, 1.54) is 7.11 Å². The second kappa shape index (κ2) is 9.00. The lowest BCUT2D eigenvalue weighted by Crippen LogP contribution is -2.52. The smallest absolute Gasteiger partial charge is 0.337 e. The van der Waals surface area contributed by atoms with Crippen LogP contribution >= 0.6 is 0 Å².